The van der Waals surface area contributed by atoms with Gasteiger partial charge < -0.3 is 27.9 Å². The summed E-state index contributed by atoms with van der Waals surface area (Å²) in [7, 11) is 1.15. The van der Waals surface area contributed by atoms with Crippen molar-refractivity contribution in [2.45, 2.75) is 219 Å². The van der Waals surface area contributed by atoms with Gasteiger partial charge in [-0.3, -0.25) is 14.2 Å². The number of carbonyl (C=O) groups excluding carboxylic acids is 2. The third-order valence-corrected chi connectivity index (χ3v) is 12.1. The smallest absolute Gasteiger partial charge is 0.306 e. The summed E-state index contributed by atoms with van der Waals surface area (Å²) >= 11 is 0. The molecule has 0 radical (unpaired) electrons. The van der Waals surface area contributed by atoms with E-state index in [9.17, 15) is 19.0 Å². The molecule has 0 aliphatic heterocycles. The lowest BCUT2D eigenvalue weighted by Gasteiger charge is -2.28. The third-order valence-electron chi connectivity index (χ3n) is 11.1. The number of likely N-dealkylation sites (N-methyl/N-ethyl adjacent to an activating group) is 1. The van der Waals surface area contributed by atoms with Gasteiger partial charge in [-0.1, -0.05) is 202 Å². The van der Waals surface area contributed by atoms with Gasteiger partial charge in [0, 0.05) is 12.8 Å². The summed E-state index contributed by atoms with van der Waals surface area (Å²) in [6, 6.07) is 0. The van der Waals surface area contributed by atoms with Crippen molar-refractivity contribution in [1.29, 1.82) is 0 Å². The molecular formula is C57H100NO8P. The maximum absolute atomic E-state index is 12.8. The molecule has 0 bridgehead atoms. The molecule has 386 valence electrons. The lowest BCUT2D eigenvalue weighted by molar-refractivity contribution is -0.870. The first kappa shape index (κ1) is 64.2. The Kier molecular flexibility index (Phi) is 46.2. The van der Waals surface area contributed by atoms with Crippen LogP contribution in [-0.4, -0.2) is 70.0 Å². The van der Waals surface area contributed by atoms with E-state index in [1.54, 1.807) is 0 Å². The number of allylic oxidation sites excluding steroid dienone is 14. The lowest BCUT2D eigenvalue weighted by atomic mass is 10.0. The van der Waals surface area contributed by atoms with Gasteiger partial charge in [0.15, 0.2) is 6.10 Å². The van der Waals surface area contributed by atoms with Crippen molar-refractivity contribution < 1.29 is 42.1 Å². The molecule has 0 spiro atoms. The number of phosphoric ester groups is 1. The molecule has 0 fully saturated rings. The molecule has 0 aromatic rings. The molecule has 0 aromatic carbocycles. The number of hydrogen-bond donors (Lipinski definition) is 0. The van der Waals surface area contributed by atoms with Crippen molar-refractivity contribution in [3.8, 4) is 0 Å². The molecule has 0 aromatic heterocycles. The third kappa shape index (κ3) is 52.4. The first-order valence-corrected chi connectivity index (χ1v) is 28.3. The minimum atomic E-state index is -4.64. The number of phosphoric acid groups is 1. The molecular weight excluding hydrogens is 858 g/mol. The maximum atomic E-state index is 12.8. The first-order chi connectivity index (χ1) is 32.5. The standard InChI is InChI=1S/C57H100NO8P/c1-6-8-10-12-14-16-18-20-22-23-24-25-26-27-28-29-30-31-32-33-34-35-36-38-40-42-44-46-48-50-57(60)66-55(54-65-67(61,62)64-52-51-58(3,4)5)53-63-56(59)49-47-45-43-41-39-37-21-19-17-15-13-11-9-7-2/h8,10,13-16,19-22,24-25,27-28,55H,6-7,9,11-12,17-18,23,26,29-54H2,1-5H3/b10-8-,15-13-,16-14-,21-19-,22-20-,25-24-,28-27-. The molecule has 0 saturated heterocycles. The van der Waals surface area contributed by atoms with Gasteiger partial charge in [0.1, 0.15) is 19.8 Å². The molecule has 0 heterocycles. The van der Waals surface area contributed by atoms with Gasteiger partial charge in [0.2, 0.25) is 0 Å². The van der Waals surface area contributed by atoms with E-state index < -0.39 is 32.5 Å². The van der Waals surface area contributed by atoms with Crippen LogP contribution in [0.25, 0.3) is 0 Å². The normalized spacial score (nSPS) is 14.1. The minimum Gasteiger partial charge on any atom is -0.756 e. The molecule has 67 heavy (non-hydrogen) atoms. The quantitative estimate of drug-likeness (QED) is 0.0195. The van der Waals surface area contributed by atoms with Crippen LogP contribution in [0.1, 0.15) is 213 Å². The van der Waals surface area contributed by atoms with E-state index in [-0.39, 0.29) is 26.1 Å². The molecule has 2 atom stereocenters. The molecule has 0 saturated carbocycles. The van der Waals surface area contributed by atoms with Crippen LogP contribution >= 0.6 is 7.82 Å². The second kappa shape index (κ2) is 48.2. The van der Waals surface area contributed by atoms with Crippen LogP contribution in [0.2, 0.25) is 0 Å². The Bertz CT molecular complexity index is 1410. The number of hydrogen-bond acceptors (Lipinski definition) is 8. The fraction of sp³-hybridized carbons (Fsp3) is 0.719. The van der Waals surface area contributed by atoms with Crippen LogP contribution < -0.4 is 4.89 Å². The Morgan fingerprint density at radius 1 is 0.478 bits per heavy atom. The summed E-state index contributed by atoms with van der Waals surface area (Å²) in [5, 5.41) is 0. The van der Waals surface area contributed by atoms with Crippen LogP contribution in [0.3, 0.4) is 0 Å². The van der Waals surface area contributed by atoms with E-state index in [0.29, 0.717) is 23.9 Å². The predicted octanol–water partition coefficient (Wildman–Crippen LogP) is 15.7. The van der Waals surface area contributed by atoms with Crippen molar-refractivity contribution in [2.24, 2.45) is 0 Å². The molecule has 0 rings (SSSR count). The predicted molar refractivity (Wildman–Crippen MR) is 282 cm³/mol. The Morgan fingerprint density at radius 3 is 1.27 bits per heavy atom. The summed E-state index contributed by atoms with van der Waals surface area (Å²) in [5.41, 5.74) is 0. The topological polar surface area (TPSA) is 111 Å². The minimum absolute atomic E-state index is 0.0366. The zero-order valence-corrected chi connectivity index (χ0v) is 44.5. The first-order valence-electron chi connectivity index (χ1n) is 26.8. The molecule has 0 N–H and O–H groups in total. The highest BCUT2D eigenvalue weighted by Crippen LogP contribution is 2.38. The second-order valence-corrected chi connectivity index (χ2v) is 20.3. The Labute approximate surface area is 411 Å². The Balaban J connectivity index is 4.16. The second-order valence-electron chi connectivity index (χ2n) is 18.9. The van der Waals surface area contributed by atoms with E-state index in [2.05, 4.69) is 98.9 Å². The van der Waals surface area contributed by atoms with Crippen LogP contribution in [0.4, 0.5) is 0 Å². The van der Waals surface area contributed by atoms with Crippen LogP contribution in [0.5, 0.6) is 0 Å². The number of quaternary nitrogens is 1. The van der Waals surface area contributed by atoms with Crippen molar-refractivity contribution in [2.75, 3.05) is 47.5 Å². The fourth-order valence-corrected chi connectivity index (χ4v) is 7.72. The van der Waals surface area contributed by atoms with Gasteiger partial charge >= 0.3 is 11.9 Å². The van der Waals surface area contributed by atoms with Crippen molar-refractivity contribution in [3.05, 3.63) is 85.1 Å². The zero-order valence-electron chi connectivity index (χ0n) is 43.6. The van der Waals surface area contributed by atoms with E-state index in [4.69, 9.17) is 18.5 Å². The Morgan fingerprint density at radius 2 is 0.851 bits per heavy atom. The fourth-order valence-electron chi connectivity index (χ4n) is 6.99. The number of ether oxygens (including phenoxy) is 2. The number of unbranched alkanes of at least 4 members (excludes halogenated alkanes) is 20. The van der Waals surface area contributed by atoms with E-state index in [1.165, 1.54) is 77.0 Å². The highest BCUT2D eigenvalue weighted by atomic mass is 31.2. The van der Waals surface area contributed by atoms with E-state index in [1.807, 2.05) is 21.1 Å². The molecule has 10 heteroatoms. The number of esters is 2. The summed E-state index contributed by atoms with van der Waals surface area (Å²) < 4.78 is 34.0. The summed E-state index contributed by atoms with van der Waals surface area (Å²) in [6.07, 6.45) is 63.4. The van der Waals surface area contributed by atoms with E-state index >= 15 is 0 Å². The highest BCUT2D eigenvalue weighted by Gasteiger charge is 2.21. The lowest BCUT2D eigenvalue weighted by Crippen LogP contribution is -2.37. The summed E-state index contributed by atoms with van der Waals surface area (Å²) in [6.45, 7) is 4.06. The summed E-state index contributed by atoms with van der Waals surface area (Å²) in [4.78, 5) is 37.7. The molecule has 0 aliphatic rings. The summed E-state index contributed by atoms with van der Waals surface area (Å²) in [5.74, 6) is -0.854. The molecule has 9 nitrogen and oxygen atoms in total. The monoisotopic (exact) mass is 958 g/mol. The van der Waals surface area contributed by atoms with E-state index in [0.717, 1.165) is 96.3 Å². The van der Waals surface area contributed by atoms with Gasteiger partial charge in [-0.2, -0.15) is 0 Å². The number of carbonyl (C=O) groups is 2. The van der Waals surface area contributed by atoms with Crippen LogP contribution in [0, 0.1) is 0 Å². The highest BCUT2D eigenvalue weighted by molar-refractivity contribution is 7.45. The van der Waals surface area contributed by atoms with Gasteiger partial charge in [0.05, 0.1) is 27.7 Å². The van der Waals surface area contributed by atoms with Crippen molar-refractivity contribution in [1.82, 2.24) is 0 Å². The molecule has 2 unspecified atom stereocenters. The number of rotatable bonds is 48. The maximum Gasteiger partial charge on any atom is 0.306 e. The SMILES string of the molecule is CC/C=C\C/C=C\C/C=C\C/C=C\C/C=C\CCCCCCCCCCCCCCCC(=O)OC(COC(=O)CCCCCCC/C=C\C/C=C\CCCC)COP(=O)([O-])OCC[N+](C)(C)C. The molecule has 0 aliphatic carbocycles. The van der Waals surface area contributed by atoms with Gasteiger partial charge in [-0.25, -0.2) is 0 Å². The van der Waals surface area contributed by atoms with Crippen molar-refractivity contribution in [3.63, 3.8) is 0 Å². The van der Waals surface area contributed by atoms with Gasteiger partial charge in [-0.15, -0.1) is 0 Å². The van der Waals surface area contributed by atoms with Gasteiger partial charge in [0.25, 0.3) is 7.82 Å². The van der Waals surface area contributed by atoms with Crippen LogP contribution in [0.15, 0.2) is 85.1 Å². The Hall–Kier alpha value is -2.81. The average Bonchev–Trinajstić information content (AvgIpc) is 3.29. The zero-order chi connectivity index (χ0) is 49.2. The number of nitrogens with zero attached hydrogens (tertiary/aromatic N) is 1. The van der Waals surface area contributed by atoms with Gasteiger partial charge in [-0.05, 0) is 83.5 Å². The average molecular weight is 958 g/mol. The molecule has 0 amide bonds. The largest absolute Gasteiger partial charge is 0.756 e. The van der Waals surface area contributed by atoms with Crippen molar-refractivity contribution >= 4 is 19.8 Å². The van der Waals surface area contributed by atoms with Crippen LogP contribution in [-0.2, 0) is 32.7 Å².